The Bertz CT molecular complexity index is 350. The Morgan fingerprint density at radius 3 is 2.71 bits per heavy atom. The van der Waals surface area contributed by atoms with Crippen molar-refractivity contribution in [1.29, 1.82) is 0 Å². The van der Waals surface area contributed by atoms with Gasteiger partial charge in [-0.1, -0.05) is 13.0 Å². The van der Waals surface area contributed by atoms with Crippen LogP contribution in [0.25, 0.3) is 0 Å². The number of carboxylic acid groups (broad SMARTS) is 1. The van der Waals surface area contributed by atoms with E-state index >= 15 is 0 Å². The number of nitrogens with two attached hydrogens (primary N) is 2. The highest BCUT2D eigenvalue weighted by Crippen LogP contribution is 2.19. The number of hydrogen-bond acceptors (Lipinski definition) is 3. The third kappa shape index (κ3) is 2.03. The first-order valence-corrected chi connectivity index (χ1v) is 4.44. The SMILES string of the molecule is CC[C@H](N)c1ccc(N)c(C(=O)O)c1. The molecule has 0 aliphatic heterocycles. The first-order valence-electron chi connectivity index (χ1n) is 4.44. The summed E-state index contributed by atoms with van der Waals surface area (Å²) < 4.78 is 0. The maximum Gasteiger partial charge on any atom is 0.337 e. The van der Waals surface area contributed by atoms with Crippen LogP contribution in [-0.4, -0.2) is 11.1 Å². The second-order valence-corrected chi connectivity index (χ2v) is 3.17. The van der Waals surface area contributed by atoms with Crippen LogP contribution in [0.3, 0.4) is 0 Å². The molecule has 76 valence electrons. The van der Waals surface area contributed by atoms with E-state index in [9.17, 15) is 4.79 Å². The summed E-state index contributed by atoms with van der Waals surface area (Å²) in [5, 5.41) is 8.82. The Balaban J connectivity index is 3.12. The third-order valence-electron chi connectivity index (χ3n) is 2.18. The fourth-order valence-electron chi connectivity index (χ4n) is 1.23. The Hall–Kier alpha value is -1.55. The Morgan fingerprint density at radius 1 is 1.57 bits per heavy atom. The van der Waals surface area contributed by atoms with E-state index in [2.05, 4.69) is 0 Å². The van der Waals surface area contributed by atoms with Crippen molar-refractivity contribution < 1.29 is 9.90 Å². The van der Waals surface area contributed by atoms with Gasteiger partial charge in [0.15, 0.2) is 0 Å². The minimum Gasteiger partial charge on any atom is -0.478 e. The molecule has 0 fully saturated rings. The third-order valence-corrected chi connectivity index (χ3v) is 2.18. The summed E-state index contributed by atoms with van der Waals surface area (Å²) in [6.45, 7) is 1.95. The van der Waals surface area contributed by atoms with Gasteiger partial charge in [0, 0.05) is 11.7 Å². The Kier molecular flexibility index (Phi) is 3.09. The number of benzene rings is 1. The minimum atomic E-state index is -1.02. The van der Waals surface area contributed by atoms with Gasteiger partial charge >= 0.3 is 5.97 Å². The molecule has 0 radical (unpaired) electrons. The normalized spacial score (nSPS) is 12.4. The number of aromatic carboxylic acids is 1. The monoisotopic (exact) mass is 194 g/mol. The molecule has 0 unspecified atom stereocenters. The van der Waals surface area contributed by atoms with Crippen molar-refractivity contribution in [3.05, 3.63) is 29.3 Å². The topological polar surface area (TPSA) is 89.3 Å². The lowest BCUT2D eigenvalue weighted by atomic mass is 10.0. The molecule has 0 heterocycles. The summed E-state index contributed by atoms with van der Waals surface area (Å²) in [5.41, 5.74) is 12.5. The summed E-state index contributed by atoms with van der Waals surface area (Å²) >= 11 is 0. The molecule has 1 atom stereocenters. The highest BCUT2D eigenvalue weighted by Gasteiger charge is 2.11. The molecule has 0 spiro atoms. The van der Waals surface area contributed by atoms with E-state index in [1.807, 2.05) is 6.92 Å². The van der Waals surface area contributed by atoms with Crippen LogP contribution in [0.2, 0.25) is 0 Å². The van der Waals surface area contributed by atoms with Crippen LogP contribution in [0.15, 0.2) is 18.2 Å². The van der Waals surface area contributed by atoms with Gasteiger partial charge < -0.3 is 16.6 Å². The molecule has 1 rings (SSSR count). The average molecular weight is 194 g/mol. The minimum absolute atomic E-state index is 0.117. The van der Waals surface area contributed by atoms with Crippen LogP contribution < -0.4 is 11.5 Å². The van der Waals surface area contributed by atoms with Crippen LogP contribution >= 0.6 is 0 Å². The molecule has 0 saturated heterocycles. The zero-order chi connectivity index (χ0) is 10.7. The summed E-state index contributed by atoms with van der Waals surface area (Å²) in [4.78, 5) is 10.8. The number of nitrogen functional groups attached to an aromatic ring is 1. The van der Waals surface area contributed by atoms with Crippen molar-refractivity contribution in [2.75, 3.05) is 5.73 Å². The molecule has 0 saturated carbocycles. The summed E-state index contributed by atoms with van der Waals surface area (Å²) in [6.07, 6.45) is 0.767. The number of hydrogen-bond donors (Lipinski definition) is 3. The van der Waals surface area contributed by atoms with E-state index in [1.165, 1.54) is 6.07 Å². The van der Waals surface area contributed by atoms with E-state index in [0.29, 0.717) is 0 Å². The van der Waals surface area contributed by atoms with Gasteiger partial charge in [0.1, 0.15) is 0 Å². The largest absolute Gasteiger partial charge is 0.478 e. The summed E-state index contributed by atoms with van der Waals surface area (Å²) in [7, 11) is 0. The smallest absolute Gasteiger partial charge is 0.337 e. The molecule has 0 amide bonds. The van der Waals surface area contributed by atoms with Gasteiger partial charge in [-0.05, 0) is 24.1 Å². The molecule has 0 aliphatic rings. The van der Waals surface area contributed by atoms with Crippen LogP contribution in [-0.2, 0) is 0 Å². The van der Waals surface area contributed by atoms with Crippen molar-refractivity contribution in [2.24, 2.45) is 5.73 Å². The quantitative estimate of drug-likeness (QED) is 0.634. The first-order chi connectivity index (χ1) is 6.56. The van der Waals surface area contributed by atoms with E-state index in [1.54, 1.807) is 12.1 Å². The predicted octanol–water partition coefficient (Wildman–Crippen LogP) is 1.38. The predicted molar refractivity (Wildman–Crippen MR) is 55.0 cm³/mol. The second kappa shape index (κ2) is 4.11. The van der Waals surface area contributed by atoms with Crippen LogP contribution in [0, 0.1) is 0 Å². The molecule has 4 heteroatoms. The second-order valence-electron chi connectivity index (χ2n) is 3.17. The van der Waals surface area contributed by atoms with E-state index in [-0.39, 0.29) is 17.3 Å². The zero-order valence-electron chi connectivity index (χ0n) is 8.03. The molecule has 1 aromatic carbocycles. The molecule has 1 aromatic rings. The Morgan fingerprint density at radius 2 is 2.21 bits per heavy atom. The van der Waals surface area contributed by atoms with Gasteiger partial charge in [0.2, 0.25) is 0 Å². The van der Waals surface area contributed by atoms with Crippen molar-refractivity contribution in [3.63, 3.8) is 0 Å². The van der Waals surface area contributed by atoms with Crippen molar-refractivity contribution in [2.45, 2.75) is 19.4 Å². The highest BCUT2D eigenvalue weighted by atomic mass is 16.4. The standard InChI is InChI=1S/C10H14N2O2/c1-2-8(11)6-3-4-9(12)7(5-6)10(13)14/h3-5,8H,2,11-12H2,1H3,(H,13,14)/t8-/m0/s1. The van der Waals surface area contributed by atoms with E-state index in [4.69, 9.17) is 16.6 Å². The van der Waals surface area contributed by atoms with E-state index < -0.39 is 5.97 Å². The molecule has 5 N–H and O–H groups in total. The number of rotatable bonds is 3. The zero-order valence-corrected chi connectivity index (χ0v) is 8.03. The van der Waals surface area contributed by atoms with Crippen LogP contribution in [0.1, 0.15) is 35.3 Å². The molecular weight excluding hydrogens is 180 g/mol. The lowest BCUT2D eigenvalue weighted by Gasteiger charge is -2.10. The van der Waals surface area contributed by atoms with Crippen molar-refractivity contribution in [1.82, 2.24) is 0 Å². The Labute approximate surface area is 82.5 Å². The fraction of sp³-hybridized carbons (Fsp3) is 0.300. The molecule has 0 aromatic heterocycles. The summed E-state index contributed by atoms with van der Waals surface area (Å²) in [5.74, 6) is -1.02. The van der Waals surface area contributed by atoms with Crippen molar-refractivity contribution in [3.8, 4) is 0 Å². The molecule has 0 bridgehead atoms. The summed E-state index contributed by atoms with van der Waals surface area (Å²) in [6, 6.07) is 4.74. The first kappa shape index (κ1) is 10.5. The van der Waals surface area contributed by atoms with Gasteiger partial charge in [-0.15, -0.1) is 0 Å². The highest BCUT2D eigenvalue weighted by molar-refractivity contribution is 5.93. The van der Waals surface area contributed by atoms with E-state index in [0.717, 1.165) is 12.0 Å². The number of carbonyl (C=O) groups is 1. The molecular formula is C10H14N2O2. The van der Waals surface area contributed by atoms with Gasteiger partial charge in [0.25, 0.3) is 0 Å². The van der Waals surface area contributed by atoms with Crippen LogP contribution in [0.4, 0.5) is 5.69 Å². The molecule has 4 nitrogen and oxygen atoms in total. The lowest BCUT2D eigenvalue weighted by molar-refractivity contribution is 0.0698. The maximum atomic E-state index is 10.8. The molecule has 14 heavy (non-hydrogen) atoms. The van der Waals surface area contributed by atoms with Gasteiger partial charge in [0.05, 0.1) is 5.56 Å². The molecule has 0 aliphatic carbocycles. The number of carboxylic acids is 1. The maximum absolute atomic E-state index is 10.8. The van der Waals surface area contributed by atoms with Gasteiger partial charge in [-0.3, -0.25) is 0 Å². The lowest BCUT2D eigenvalue weighted by Crippen LogP contribution is -2.11. The number of anilines is 1. The fourth-order valence-corrected chi connectivity index (χ4v) is 1.23. The van der Waals surface area contributed by atoms with Crippen LogP contribution in [0.5, 0.6) is 0 Å². The van der Waals surface area contributed by atoms with Gasteiger partial charge in [-0.25, -0.2) is 4.79 Å². The average Bonchev–Trinajstić information content (AvgIpc) is 2.17. The van der Waals surface area contributed by atoms with Crippen molar-refractivity contribution >= 4 is 11.7 Å². The van der Waals surface area contributed by atoms with Gasteiger partial charge in [-0.2, -0.15) is 0 Å².